The molecule has 3 heteroatoms. The maximum Gasteiger partial charge on any atom is 0.193 e. The highest BCUT2D eigenvalue weighted by Crippen LogP contribution is 2.27. The van der Waals surface area contributed by atoms with E-state index >= 15 is 0 Å². The van der Waals surface area contributed by atoms with Crippen LogP contribution in [0.3, 0.4) is 0 Å². The van der Waals surface area contributed by atoms with Gasteiger partial charge in [-0.05, 0) is 23.1 Å². The summed E-state index contributed by atoms with van der Waals surface area (Å²) in [6.45, 7) is 6.61. The number of aromatic nitrogens is 2. The highest BCUT2D eigenvalue weighted by atomic mass is 16.1. The number of imidazole rings is 1. The quantitative estimate of drug-likeness (QED) is 0.476. The van der Waals surface area contributed by atoms with E-state index in [2.05, 4.69) is 44.0 Å². The Balaban J connectivity index is 1.65. The summed E-state index contributed by atoms with van der Waals surface area (Å²) in [5.41, 5.74) is 5.69. The Morgan fingerprint density at radius 2 is 1.52 bits per heavy atom. The monoisotopic (exact) mass is 354 g/mol. The topological polar surface area (TPSA) is 45.8 Å². The lowest BCUT2D eigenvalue weighted by Gasteiger charge is -2.18. The number of ketones is 1. The second-order valence-electron chi connectivity index (χ2n) is 7.84. The average molecular weight is 354 g/mol. The molecule has 0 spiro atoms. The molecule has 4 rings (SSSR count). The summed E-state index contributed by atoms with van der Waals surface area (Å²) in [5, 5.41) is 0. The first kappa shape index (κ1) is 17.2. The van der Waals surface area contributed by atoms with Crippen molar-refractivity contribution < 1.29 is 4.79 Å². The van der Waals surface area contributed by atoms with E-state index in [1.807, 2.05) is 54.6 Å². The zero-order valence-corrected chi connectivity index (χ0v) is 15.8. The van der Waals surface area contributed by atoms with Crippen molar-refractivity contribution in [1.29, 1.82) is 0 Å². The number of H-pyrrole nitrogens is 1. The molecule has 0 fully saturated rings. The first-order valence-corrected chi connectivity index (χ1v) is 9.12. The van der Waals surface area contributed by atoms with Crippen molar-refractivity contribution in [3.05, 3.63) is 89.5 Å². The Hall–Kier alpha value is -3.20. The van der Waals surface area contributed by atoms with Gasteiger partial charge in [0.2, 0.25) is 0 Å². The number of hydrogen-bond donors (Lipinski definition) is 1. The first-order valence-electron chi connectivity index (χ1n) is 9.12. The molecule has 0 amide bonds. The fourth-order valence-corrected chi connectivity index (χ4v) is 3.15. The van der Waals surface area contributed by atoms with Crippen molar-refractivity contribution in [1.82, 2.24) is 9.97 Å². The minimum atomic E-state index is 0.0292. The molecular formula is C24H22N2O. The number of nitrogens with zero attached hydrogens (tertiary/aromatic N) is 1. The molecule has 0 saturated carbocycles. The minimum Gasteiger partial charge on any atom is -0.338 e. The van der Waals surface area contributed by atoms with E-state index < -0.39 is 0 Å². The van der Waals surface area contributed by atoms with Crippen LogP contribution in [0.1, 0.15) is 42.3 Å². The second-order valence-corrected chi connectivity index (χ2v) is 7.84. The maximum atomic E-state index is 12.5. The number of carbonyl (C=O) groups excluding carboxylic acids is 1. The van der Waals surface area contributed by atoms with E-state index in [0.717, 1.165) is 22.4 Å². The third-order valence-electron chi connectivity index (χ3n) is 4.80. The smallest absolute Gasteiger partial charge is 0.193 e. The molecule has 0 aliphatic rings. The van der Waals surface area contributed by atoms with Gasteiger partial charge in [-0.2, -0.15) is 0 Å². The molecule has 27 heavy (non-hydrogen) atoms. The van der Waals surface area contributed by atoms with Gasteiger partial charge in [-0.1, -0.05) is 81.4 Å². The number of aromatic amines is 1. The van der Waals surface area contributed by atoms with E-state index in [4.69, 9.17) is 4.98 Å². The van der Waals surface area contributed by atoms with E-state index in [-0.39, 0.29) is 11.2 Å². The van der Waals surface area contributed by atoms with Gasteiger partial charge in [0, 0.05) is 16.7 Å². The minimum absolute atomic E-state index is 0.0292. The normalized spacial score (nSPS) is 11.7. The van der Waals surface area contributed by atoms with Gasteiger partial charge in [0.05, 0.1) is 11.0 Å². The zero-order valence-electron chi connectivity index (χ0n) is 15.8. The lowest BCUT2D eigenvalue weighted by molar-refractivity contribution is 0.103. The summed E-state index contributed by atoms with van der Waals surface area (Å²) in [4.78, 5) is 20.7. The number of carbonyl (C=O) groups is 1. The van der Waals surface area contributed by atoms with Crippen LogP contribution in [-0.2, 0) is 5.41 Å². The molecular weight excluding hydrogens is 332 g/mol. The van der Waals surface area contributed by atoms with Gasteiger partial charge in [0.25, 0.3) is 0 Å². The molecule has 0 bridgehead atoms. The van der Waals surface area contributed by atoms with Crippen LogP contribution in [0.25, 0.3) is 22.4 Å². The molecule has 0 aliphatic carbocycles. The third kappa shape index (κ3) is 3.41. The van der Waals surface area contributed by atoms with E-state index in [1.54, 1.807) is 0 Å². The lowest BCUT2D eigenvalue weighted by atomic mass is 9.87. The third-order valence-corrected chi connectivity index (χ3v) is 4.80. The highest BCUT2D eigenvalue weighted by Gasteiger charge is 2.15. The van der Waals surface area contributed by atoms with Crippen LogP contribution in [0.15, 0.2) is 72.8 Å². The molecule has 0 aliphatic heterocycles. The molecule has 1 heterocycles. The summed E-state index contributed by atoms with van der Waals surface area (Å²) in [7, 11) is 0. The van der Waals surface area contributed by atoms with Gasteiger partial charge >= 0.3 is 0 Å². The number of benzene rings is 3. The Bertz CT molecular complexity index is 1100. The van der Waals surface area contributed by atoms with Crippen molar-refractivity contribution in [3.63, 3.8) is 0 Å². The predicted octanol–water partition coefficient (Wildman–Crippen LogP) is 5.76. The molecule has 1 aromatic heterocycles. The van der Waals surface area contributed by atoms with Crippen LogP contribution >= 0.6 is 0 Å². The van der Waals surface area contributed by atoms with Crippen molar-refractivity contribution in [3.8, 4) is 11.4 Å². The number of rotatable bonds is 3. The van der Waals surface area contributed by atoms with E-state index in [9.17, 15) is 4.79 Å². The Morgan fingerprint density at radius 1 is 0.852 bits per heavy atom. The Kier molecular flexibility index (Phi) is 4.15. The number of nitrogens with one attached hydrogen (secondary N) is 1. The Labute approximate surface area is 159 Å². The molecule has 3 nitrogen and oxygen atoms in total. The van der Waals surface area contributed by atoms with Crippen molar-refractivity contribution in [2.45, 2.75) is 26.2 Å². The second kappa shape index (κ2) is 6.51. The summed E-state index contributed by atoms with van der Waals surface area (Å²) in [5.74, 6) is 0.844. The molecule has 1 N–H and O–H groups in total. The summed E-state index contributed by atoms with van der Waals surface area (Å²) in [6, 6.07) is 23.3. The number of hydrogen-bond acceptors (Lipinski definition) is 2. The molecule has 0 atom stereocenters. The molecule has 0 saturated heterocycles. The summed E-state index contributed by atoms with van der Waals surface area (Å²) in [6.07, 6.45) is 0. The van der Waals surface area contributed by atoms with Crippen LogP contribution in [0, 0.1) is 0 Å². The molecule has 0 radical (unpaired) electrons. The summed E-state index contributed by atoms with van der Waals surface area (Å²) < 4.78 is 0. The van der Waals surface area contributed by atoms with Crippen LogP contribution in [0.2, 0.25) is 0 Å². The van der Waals surface area contributed by atoms with E-state index in [1.165, 1.54) is 5.56 Å². The fourth-order valence-electron chi connectivity index (χ4n) is 3.15. The highest BCUT2D eigenvalue weighted by molar-refractivity contribution is 6.09. The van der Waals surface area contributed by atoms with Gasteiger partial charge in [-0.15, -0.1) is 0 Å². The fraction of sp³-hybridized carbons (Fsp3) is 0.167. The first-order chi connectivity index (χ1) is 12.9. The average Bonchev–Trinajstić information content (AvgIpc) is 3.11. The standard InChI is InChI=1S/C24H22N2O/c1-24(2,3)19-13-14-20-21(15-19)26-23(25-20)18-11-9-17(10-12-18)22(27)16-7-5-4-6-8-16/h4-15H,1-3H3,(H,25,26). The maximum absolute atomic E-state index is 12.5. The molecule has 3 aromatic carbocycles. The van der Waals surface area contributed by atoms with Gasteiger partial charge in [0.1, 0.15) is 5.82 Å². The number of fused-ring (bicyclic) bond motifs is 1. The largest absolute Gasteiger partial charge is 0.338 e. The molecule has 134 valence electrons. The van der Waals surface area contributed by atoms with E-state index in [0.29, 0.717) is 11.1 Å². The SMILES string of the molecule is CC(C)(C)c1ccc2nc(-c3ccc(C(=O)c4ccccc4)cc3)[nH]c2c1. The molecule has 0 unspecified atom stereocenters. The van der Waals surface area contributed by atoms with Crippen molar-refractivity contribution in [2.75, 3.05) is 0 Å². The van der Waals surface area contributed by atoms with Gasteiger partial charge in [0.15, 0.2) is 5.78 Å². The van der Waals surface area contributed by atoms with Gasteiger partial charge < -0.3 is 4.98 Å². The van der Waals surface area contributed by atoms with Crippen LogP contribution in [-0.4, -0.2) is 15.8 Å². The predicted molar refractivity (Wildman–Crippen MR) is 110 cm³/mol. The van der Waals surface area contributed by atoms with Crippen molar-refractivity contribution >= 4 is 16.8 Å². The van der Waals surface area contributed by atoms with Gasteiger partial charge in [-0.3, -0.25) is 4.79 Å². The Morgan fingerprint density at radius 3 is 2.19 bits per heavy atom. The van der Waals surface area contributed by atoms with Gasteiger partial charge in [-0.25, -0.2) is 4.98 Å². The summed E-state index contributed by atoms with van der Waals surface area (Å²) >= 11 is 0. The molecule has 4 aromatic rings. The van der Waals surface area contributed by atoms with Crippen LogP contribution in [0.5, 0.6) is 0 Å². The van der Waals surface area contributed by atoms with Crippen LogP contribution in [0.4, 0.5) is 0 Å². The van der Waals surface area contributed by atoms with Crippen LogP contribution < -0.4 is 0 Å². The van der Waals surface area contributed by atoms with Crippen molar-refractivity contribution in [2.24, 2.45) is 0 Å². The zero-order chi connectivity index (χ0) is 19.0. The lowest BCUT2D eigenvalue weighted by Crippen LogP contribution is -2.10.